The molecule has 0 radical (unpaired) electrons. The minimum absolute atomic E-state index is 0.111. The lowest BCUT2D eigenvalue weighted by atomic mass is 10.1. The van der Waals surface area contributed by atoms with Gasteiger partial charge in [-0.25, -0.2) is 0 Å². The van der Waals surface area contributed by atoms with Crippen LogP contribution in [0.15, 0.2) is 170 Å². The lowest BCUT2D eigenvalue weighted by Crippen LogP contribution is -2.30. The van der Waals surface area contributed by atoms with Gasteiger partial charge in [0.2, 0.25) is 0 Å². The molecule has 0 aliphatic carbocycles. The minimum atomic E-state index is -0.816. The van der Waals surface area contributed by atoms with Crippen LogP contribution >= 0.6 is 0 Å². The van der Waals surface area contributed by atoms with Gasteiger partial charge in [-0.15, -0.1) is 0 Å². The Hall–Kier alpha value is -5.23. The molecule has 424 valence electrons. The molecular weight excluding hydrogens is 937 g/mol. The number of rotatable bonds is 52. The van der Waals surface area contributed by atoms with Crippen molar-refractivity contribution in [2.45, 2.75) is 239 Å². The van der Waals surface area contributed by atoms with Crippen LogP contribution in [-0.4, -0.2) is 37.2 Å². The van der Waals surface area contributed by atoms with E-state index in [0.29, 0.717) is 12.8 Å². The third-order valence-electron chi connectivity index (χ3n) is 11.9. The van der Waals surface area contributed by atoms with E-state index in [-0.39, 0.29) is 44.0 Å². The number of carbonyl (C=O) groups excluding carboxylic acids is 3. The van der Waals surface area contributed by atoms with Crippen molar-refractivity contribution in [2.24, 2.45) is 0 Å². The second-order valence-corrected chi connectivity index (χ2v) is 19.1. The van der Waals surface area contributed by atoms with Gasteiger partial charge in [0, 0.05) is 19.3 Å². The van der Waals surface area contributed by atoms with E-state index in [1.807, 2.05) is 0 Å². The highest BCUT2D eigenvalue weighted by Gasteiger charge is 2.19. The van der Waals surface area contributed by atoms with Crippen LogP contribution in [0.3, 0.4) is 0 Å². The summed E-state index contributed by atoms with van der Waals surface area (Å²) in [6, 6.07) is 0. The first-order valence-electron chi connectivity index (χ1n) is 30.1. The predicted molar refractivity (Wildman–Crippen MR) is 329 cm³/mol. The van der Waals surface area contributed by atoms with Crippen LogP contribution in [0, 0.1) is 0 Å². The highest BCUT2D eigenvalue weighted by molar-refractivity contribution is 5.71. The fourth-order valence-corrected chi connectivity index (χ4v) is 7.48. The van der Waals surface area contributed by atoms with Crippen LogP contribution in [0.5, 0.6) is 0 Å². The Labute approximate surface area is 466 Å². The summed E-state index contributed by atoms with van der Waals surface area (Å²) in [7, 11) is 0. The molecule has 0 amide bonds. The molecule has 0 rings (SSSR count). The van der Waals surface area contributed by atoms with E-state index in [1.54, 1.807) is 0 Å². The molecule has 0 heterocycles. The normalized spacial score (nSPS) is 13.4. The van der Waals surface area contributed by atoms with Crippen LogP contribution in [-0.2, 0) is 28.6 Å². The highest BCUT2D eigenvalue weighted by atomic mass is 16.6. The first kappa shape index (κ1) is 70.8. The van der Waals surface area contributed by atoms with Crippen molar-refractivity contribution in [3.8, 4) is 0 Å². The predicted octanol–water partition coefficient (Wildman–Crippen LogP) is 20.7. The van der Waals surface area contributed by atoms with Crippen LogP contribution in [0.1, 0.15) is 233 Å². The van der Waals surface area contributed by atoms with Gasteiger partial charge in [0.15, 0.2) is 6.10 Å². The largest absolute Gasteiger partial charge is 0.462 e. The summed E-state index contributed by atoms with van der Waals surface area (Å²) in [6.45, 7) is 6.27. The van der Waals surface area contributed by atoms with Crippen molar-refractivity contribution < 1.29 is 28.6 Å². The standard InChI is InChI=1S/C70H108O6/c1-4-7-10-13-16-19-22-24-26-27-28-29-30-31-32-33-34-35-36-37-38-39-40-41-42-43-45-46-48-51-54-57-60-63-69(72)75-66-67(65-74-68(71)62-59-56-53-50-21-18-15-12-9-6-3)76-70(73)64-61-58-55-52-49-47-44-25-23-20-17-14-11-8-5-2/h7-8,10-12,15-17,19-20,24-26,28-29,31-32,34-35,37-38,40-41,43-45,48,51,67H,4-6,9,13-14,18,21-23,27,30,33,36,39,42,46-47,49-50,52-66H2,1-3H3/b10-7-,11-8-,15-12-,19-16-,20-17-,26-24-,29-28-,32-31-,35-34-,38-37-,41-40-,44-25-,45-43-,51-48-. The quantitative estimate of drug-likeness (QED) is 0.0261. The van der Waals surface area contributed by atoms with Gasteiger partial charge in [0.1, 0.15) is 13.2 Å². The summed E-state index contributed by atoms with van der Waals surface area (Å²) in [5.41, 5.74) is 0. The fraction of sp³-hybridized carbons (Fsp3) is 0.557. The monoisotopic (exact) mass is 1040 g/mol. The van der Waals surface area contributed by atoms with Crippen LogP contribution in [0.25, 0.3) is 0 Å². The van der Waals surface area contributed by atoms with Crippen molar-refractivity contribution in [3.05, 3.63) is 170 Å². The van der Waals surface area contributed by atoms with E-state index in [0.717, 1.165) is 173 Å². The molecule has 0 saturated carbocycles. The Balaban J connectivity index is 4.36. The van der Waals surface area contributed by atoms with Crippen molar-refractivity contribution >= 4 is 17.9 Å². The van der Waals surface area contributed by atoms with Crippen LogP contribution in [0.2, 0.25) is 0 Å². The Morgan fingerprint density at radius 1 is 0.276 bits per heavy atom. The Kier molecular flexibility index (Phi) is 58.0. The van der Waals surface area contributed by atoms with Gasteiger partial charge in [0.25, 0.3) is 0 Å². The smallest absolute Gasteiger partial charge is 0.306 e. The third-order valence-corrected chi connectivity index (χ3v) is 11.9. The molecule has 6 nitrogen and oxygen atoms in total. The average molecular weight is 1050 g/mol. The topological polar surface area (TPSA) is 78.9 Å². The number of allylic oxidation sites excluding steroid dienone is 28. The van der Waals surface area contributed by atoms with E-state index >= 15 is 0 Å². The Morgan fingerprint density at radius 3 is 0.842 bits per heavy atom. The van der Waals surface area contributed by atoms with Gasteiger partial charge in [-0.3, -0.25) is 14.4 Å². The molecule has 0 fully saturated rings. The molecule has 0 saturated heterocycles. The number of ether oxygens (including phenoxy) is 3. The van der Waals surface area contributed by atoms with Gasteiger partial charge in [-0.1, -0.05) is 236 Å². The molecular formula is C70H108O6. The molecule has 0 spiro atoms. The zero-order valence-electron chi connectivity index (χ0n) is 48.4. The minimum Gasteiger partial charge on any atom is -0.462 e. The van der Waals surface area contributed by atoms with Crippen molar-refractivity contribution in [1.82, 2.24) is 0 Å². The van der Waals surface area contributed by atoms with Gasteiger partial charge >= 0.3 is 17.9 Å². The second kappa shape index (κ2) is 62.3. The van der Waals surface area contributed by atoms with Gasteiger partial charge in [0.05, 0.1) is 0 Å². The van der Waals surface area contributed by atoms with Crippen molar-refractivity contribution in [2.75, 3.05) is 13.2 Å². The molecule has 0 aromatic rings. The fourth-order valence-electron chi connectivity index (χ4n) is 7.48. The zero-order chi connectivity index (χ0) is 55.0. The number of hydrogen-bond acceptors (Lipinski definition) is 6. The van der Waals surface area contributed by atoms with E-state index in [2.05, 4.69) is 191 Å². The van der Waals surface area contributed by atoms with Crippen molar-refractivity contribution in [3.63, 3.8) is 0 Å². The zero-order valence-corrected chi connectivity index (χ0v) is 48.4. The maximum absolute atomic E-state index is 12.8. The van der Waals surface area contributed by atoms with E-state index in [1.165, 1.54) is 12.8 Å². The summed E-state index contributed by atoms with van der Waals surface area (Å²) in [4.78, 5) is 38.1. The molecule has 1 unspecified atom stereocenters. The summed E-state index contributed by atoms with van der Waals surface area (Å²) < 4.78 is 16.8. The van der Waals surface area contributed by atoms with Crippen LogP contribution in [0.4, 0.5) is 0 Å². The SMILES string of the molecule is CC/C=C\C/C=C\C/C=C\C/C=C\C/C=C\C/C=C\C/C=C\C/C=C\C/C=C\C/C=C\CCCCC(=O)OCC(COC(=O)CCCCCCC/C=C\CCC)OC(=O)CCCCCCC/C=C\C/C=C\C/C=C\CC. The average Bonchev–Trinajstić information content (AvgIpc) is 3.42. The highest BCUT2D eigenvalue weighted by Crippen LogP contribution is 2.13. The molecule has 0 aromatic heterocycles. The second-order valence-electron chi connectivity index (χ2n) is 19.1. The molecule has 0 N–H and O–H groups in total. The van der Waals surface area contributed by atoms with E-state index in [9.17, 15) is 14.4 Å². The summed E-state index contributed by atoms with van der Waals surface area (Å²) in [5, 5.41) is 0. The maximum Gasteiger partial charge on any atom is 0.306 e. The van der Waals surface area contributed by atoms with Gasteiger partial charge < -0.3 is 14.2 Å². The number of esters is 3. The maximum atomic E-state index is 12.8. The molecule has 6 heteroatoms. The first-order valence-corrected chi connectivity index (χ1v) is 30.1. The van der Waals surface area contributed by atoms with Gasteiger partial charge in [-0.05, 0) is 148 Å². The molecule has 1 atom stereocenters. The Bertz CT molecular complexity index is 1770. The molecule has 0 aliphatic heterocycles. The van der Waals surface area contributed by atoms with E-state index in [4.69, 9.17) is 14.2 Å². The summed E-state index contributed by atoms with van der Waals surface area (Å²) in [6.07, 6.45) is 92.2. The van der Waals surface area contributed by atoms with E-state index < -0.39 is 6.10 Å². The Morgan fingerprint density at radius 2 is 0.513 bits per heavy atom. The number of carbonyl (C=O) groups is 3. The molecule has 0 aromatic carbocycles. The summed E-state index contributed by atoms with van der Waals surface area (Å²) in [5.74, 6) is -0.995. The molecule has 0 aliphatic rings. The third kappa shape index (κ3) is 59.6. The number of unbranched alkanes of at least 4 members (excludes halogenated alkanes) is 13. The lowest BCUT2D eigenvalue weighted by molar-refractivity contribution is -0.167. The van der Waals surface area contributed by atoms with Crippen molar-refractivity contribution in [1.29, 1.82) is 0 Å². The molecule has 76 heavy (non-hydrogen) atoms. The first-order chi connectivity index (χ1) is 37.5. The summed E-state index contributed by atoms with van der Waals surface area (Å²) >= 11 is 0. The van der Waals surface area contributed by atoms with Gasteiger partial charge in [-0.2, -0.15) is 0 Å². The lowest BCUT2D eigenvalue weighted by Gasteiger charge is -2.18. The number of hydrogen-bond donors (Lipinski definition) is 0. The van der Waals surface area contributed by atoms with Crippen LogP contribution < -0.4 is 0 Å². The molecule has 0 bridgehead atoms.